The number of benzene rings is 2. The number of Topliss-reactive ketones (excluding diaryl/α,β-unsaturated/α-hetero) is 2. The van der Waals surface area contributed by atoms with Crippen molar-refractivity contribution in [2.24, 2.45) is 0 Å². The van der Waals surface area contributed by atoms with E-state index in [2.05, 4.69) is 31.9 Å². The third-order valence-electron chi connectivity index (χ3n) is 12.2. The number of carboxylic acids is 1. The second-order valence-corrected chi connectivity index (χ2v) is 16.9. The molecule has 13 heteroatoms. The third kappa shape index (κ3) is 10.8. The van der Waals surface area contributed by atoms with E-state index >= 15 is 0 Å². The predicted molar refractivity (Wildman–Crippen MR) is 256 cm³/mol. The van der Waals surface area contributed by atoms with Crippen molar-refractivity contribution in [2.75, 3.05) is 39.3 Å². The lowest BCUT2D eigenvalue weighted by Gasteiger charge is -2.25. The summed E-state index contributed by atoms with van der Waals surface area (Å²) in [6.07, 6.45) is 17.5. The van der Waals surface area contributed by atoms with Crippen LogP contribution in [0.25, 0.3) is 45.6 Å². The smallest absolute Gasteiger partial charge is 0.328 e. The van der Waals surface area contributed by atoms with Gasteiger partial charge in [-0.25, -0.2) is 4.79 Å². The van der Waals surface area contributed by atoms with Gasteiger partial charge >= 0.3 is 5.97 Å². The van der Waals surface area contributed by atoms with Gasteiger partial charge < -0.3 is 14.2 Å². The molecule has 2 aliphatic rings. The predicted octanol–water partition coefficient (Wildman–Crippen LogP) is 9.23. The quantitative estimate of drug-likeness (QED) is 0.0815. The number of pyridine rings is 2. The van der Waals surface area contributed by atoms with Crippen molar-refractivity contribution in [3.05, 3.63) is 130 Å². The number of aromatic nitrogens is 4. The lowest BCUT2D eigenvalue weighted by atomic mass is 10.1. The number of carbonyl (C=O) groups excluding carboxylic acids is 3. The van der Waals surface area contributed by atoms with E-state index in [1.807, 2.05) is 66.3 Å². The highest BCUT2D eigenvalue weighted by atomic mass is 16.4. The van der Waals surface area contributed by atoms with E-state index in [0.29, 0.717) is 58.4 Å². The highest BCUT2D eigenvalue weighted by Gasteiger charge is 2.26. The summed E-state index contributed by atoms with van der Waals surface area (Å²) in [5, 5.41) is 27.3. The molecule has 0 unspecified atom stereocenters. The molecule has 6 heterocycles. The van der Waals surface area contributed by atoms with Gasteiger partial charge in [0.25, 0.3) is 0 Å². The average Bonchev–Trinajstić information content (AvgIpc) is 3.79. The molecule has 0 saturated carbocycles. The minimum Gasteiger partial charge on any atom is -0.478 e. The monoisotopic (exact) mass is 882 g/mol. The Morgan fingerprint density at radius 1 is 0.636 bits per heavy atom. The molecule has 8 rings (SSSR count). The summed E-state index contributed by atoms with van der Waals surface area (Å²) in [4.78, 5) is 63.4. The number of rotatable bonds is 14. The summed E-state index contributed by atoms with van der Waals surface area (Å²) in [7, 11) is 0. The fraction of sp³-hybridized carbons (Fsp3) is 0.321. The number of carbonyl (C=O) groups is 4. The first kappa shape index (κ1) is 46.7. The summed E-state index contributed by atoms with van der Waals surface area (Å²) in [6, 6.07) is 22.5. The van der Waals surface area contributed by atoms with Gasteiger partial charge in [-0.05, 0) is 162 Å². The maximum Gasteiger partial charge on any atom is 0.328 e. The number of aliphatic carboxylic acids is 1. The largest absolute Gasteiger partial charge is 0.478 e. The van der Waals surface area contributed by atoms with Crippen LogP contribution in [0, 0.1) is 36.5 Å². The number of fused-ring (bicyclic) bond motifs is 2. The van der Waals surface area contributed by atoms with E-state index in [1.54, 1.807) is 48.8 Å². The number of carboxylic acid groups (broad SMARTS) is 1. The van der Waals surface area contributed by atoms with Crippen LogP contribution in [0.15, 0.2) is 85.2 Å². The third-order valence-corrected chi connectivity index (χ3v) is 12.2. The van der Waals surface area contributed by atoms with Crippen molar-refractivity contribution >= 4 is 57.5 Å². The number of hydrogen-bond acceptors (Lipinski definition) is 10. The van der Waals surface area contributed by atoms with E-state index in [4.69, 9.17) is 10.4 Å². The fourth-order valence-corrected chi connectivity index (χ4v) is 8.96. The Labute approximate surface area is 384 Å². The van der Waals surface area contributed by atoms with Crippen LogP contribution in [-0.4, -0.2) is 96.6 Å². The maximum atomic E-state index is 13.5. The van der Waals surface area contributed by atoms with Crippen LogP contribution in [0.4, 0.5) is 0 Å². The Hall–Kier alpha value is -7.32. The zero-order valence-corrected chi connectivity index (χ0v) is 37.8. The van der Waals surface area contributed by atoms with Crippen LogP contribution in [0.2, 0.25) is 0 Å². The van der Waals surface area contributed by atoms with Crippen molar-refractivity contribution in [2.45, 2.75) is 72.1 Å². The highest BCUT2D eigenvalue weighted by molar-refractivity contribution is 6.10. The van der Waals surface area contributed by atoms with E-state index < -0.39 is 5.97 Å². The van der Waals surface area contributed by atoms with Gasteiger partial charge in [-0.3, -0.25) is 34.2 Å². The zero-order chi connectivity index (χ0) is 46.7. The first-order chi connectivity index (χ1) is 32.0. The summed E-state index contributed by atoms with van der Waals surface area (Å²) in [6.45, 7) is 10.3. The van der Waals surface area contributed by atoms with Gasteiger partial charge in [-0.2, -0.15) is 10.5 Å². The van der Waals surface area contributed by atoms with E-state index in [9.17, 15) is 24.4 Å². The Balaban J connectivity index is 0.000000197. The zero-order valence-electron chi connectivity index (χ0n) is 37.8. The Morgan fingerprint density at radius 3 is 1.42 bits per heavy atom. The Kier molecular flexibility index (Phi) is 15.3. The van der Waals surface area contributed by atoms with Crippen LogP contribution in [0.3, 0.4) is 0 Å². The molecular formula is C53H54N8O5. The number of nitriles is 2. The van der Waals surface area contributed by atoms with Gasteiger partial charge in [0, 0.05) is 47.7 Å². The minimum absolute atomic E-state index is 0.0307. The molecule has 2 aliphatic heterocycles. The van der Waals surface area contributed by atoms with Crippen LogP contribution in [0.5, 0.6) is 0 Å². The van der Waals surface area contributed by atoms with Gasteiger partial charge in [0.1, 0.15) is 0 Å². The number of ketones is 3. The molecule has 0 aliphatic carbocycles. The second-order valence-electron chi connectivity index (χ2n) is 16.9. The second kappa shape index (κ2) is 21.6. The van der Waals surface area contributed by atoms with Crippen LogP contribution in [0.1, 0.15) is 113 Å². The lowest BCUT2D eigenvalue weighted by molar-refractivity contribution is -0.131. The molecule has 4 aromatic heterocycles. The molecule has 6 aromatic rings. The average molecular weight is 883 g/mol. The highest BCUT2D eigenvalue weighted by Crippen LogP contribution is 2.32. The molecule has 2 aromatic carbocycles. The van der Waals surface area contributed by atoms with Crippen LogP contribution in [-0.2, 0) is 9.59 Å². The number of allylic oxidation sites excluding steroid dienone is 1. The van der Waals surface area contributed by atoms with Crippen LogP contribution < -0.4 is 0 Å². The Morgan fingerprint density at radius 2 is 1.05 bits per heavy atom. The molecule has 0 atom stereocenters. The SMILES string of the molecule is CCCC(=O)/C=C/c1cnc2c(C(=O)CN3CCCCC3)c(C)n(-c3ccc(C#N)cc3)c2c1.Cc1c(C(=O)CN2CCCCC2)c2ncc(/C=C/C(=O)O)cc2n1-c1ccc(C#N)cc1. The maximum absolute atomic E-state index is 13.5. The molecule has 13 nitrogen and oxygen atoms in total. The van der Waals surface area contributed by atoms with Gasteiger partial charge in [-0.1, -0.05) is 19.8 Å². The number of nitrogens with zero attached hydrogens (tertiary/aromatic N) is 8. The summed E-state index contributed by atoms with van der Waals surface area (Å²) in [5.41, 5.74) is 9.87. The molecule has 66 heavy (non-hydrogen) atoms. The first-order valence-electron chi connectivity index (χ1n) is 22.7. The van der Waals surface area contributed by atoms with Crippen molar-refractivity contribution in [3.8, 4) is 23.5 Å². The van der Waals surface area contributed by atoms with Crippen molar-refractivity contribution in [1.82, 2.24) is 28.9 Å². The van der Waals surface area contributed by atoms with E-state index in [1.165, 1.54) is 18.9 Å². The van der Waals surface area contributed by atoms with Crippen LogP contribution >= 0.6 is 0 Å². The normalized spacial score (nSPS) is 14.6. The summed E-state index contributed by atoms with van der Waals surface area (Å²) in [5.74, 6) is -0.853. The molecular weight excluding hydrogens is 829 g/mol. The summed E-state index contributed by atoms with van der Waals surface area (Å²) >= 11 is 0. The Bertz CT molecular complexity index is 2910. The van der Waals surface area contributed by atoms with Gasteiger partial charge in [0.15, 0.2) is 17.3 Å². The number of piperidine rings is 2. The van der Waals surface area contributed by atoms with E-state index in [0.717, 1.165) is 104 Å². The topological polar surface area (TPSA) is 178 Å². The number of hydrogen-bond donors (Lipinski definition) is 1. The minimum atomic E-state index is -1.04. The molecule has 0 spiro atoms. The number of likely N-dealkylation sites (tertiary alicyclic amines) is 2. The molecule has 0 radical (unpaired) electrons. The van der Waals surface area contributed by atoms with Gasteiger partial charge in [-0.15, -0.1) is 0 Å². The molecule has 0 amide bonds. The van der Waals surface area contributed by atoms with Crippen molar-refractivity contribution in [3.63, 3.8) is 0 Å². The standard InChI is InChI=1S/C28H30N4O2.C25H24N4O3/c1-3-7-24(33)13-10-22-16-25-28(30-18-22)27(26(34)19-31-14-5-4-6-15-31)20(2)32(25)23-11-8-21(17-29)9-12-23;1-17-24(22(30)16-28-11-3-2-4-12-28)25-21(13-19(15-27-25)7-10-23(31)32)29(17)20-8-5-18(14-26)6-9-20/h8-13,16,18H,3-7,14-15,19H2,1-2H3;5-10,13,15H,2-4,11-12,16H2,1H3,(H,31,32)/b13-10+;10-7+. The van der Waals surface area contributed by atoms with Crippen molar-refractivity contribution < 1.29 is 24.3 Å². The van der Waals surface area contributed by atoms with Crippen molar-refractivity contribution in [1.29, 1.82) is 10.5 Å². The van der Waals surface area contributed by atoms with Gasteiger partial charge in [0.2, 0.25) is 0 Å². The van der Waals surface area contributed by atoms with E-state index in [-0.39, 0.29) is 17.3 Å². The fourth-order valence-electron chi connectivity index (χ4n) is 8.96. The molecule has 1 N–H and O–H groups in total. The molecule has 2 saturated heterocycles. The molecule has 336 valence electrons. The molecule has 2 fully saturated rings. The first-order valence-corrected chi connectivity index (χ1v) is 22.7. The summed E-state index contributed by atoms with van der Waals surface area (Å²) < 4.78 is 3.98. The molecule has 0 bridgehead atoms. The lowest BCUT2D eigenvalue weighted by Crippen LogP contribution is -2.34. The van der Waals surface area contributed by atoms with Gasteiger partial charge in [0.05, 0.1) is 69.5 Å².